The molecular weight excluding hydrogens is 354 g/mol. The number of hydrogen-bond donors (Lipinski definition) is 1. The van der Waals surface area contributed by atoms with E-state index in [0.29, 0.717) is 6.54 Å². The number of carbonyl (C=O) groups excluding carboxylic acids is 1. The van der Waals surface area contributed by atoms with Gasteiger partial charge in [-0.1, -0.05) is 6.07 Å². The first-order valence-electron chi connectivity index (χ1n) is 10.2. The van der Waals surface area contributed by atoms with Gasteiger partial charge in [-0.25, -0.2) is 0 Å². The van der Waals surface area contributed by atoms with Crippen molar-refractivity contribution < 1.29 is 9.53 Å². The summed E-state index contributed by atoms with van der Waals surface area (Å²) in [6.45, 7) is 1.79. The van der Waals surface area contributed by atoms with E-state index < -0.39 is 0 Å². The summed E-state index contributed by atoms with van der Waals surface area (Å²) in [5.41, 5.74) is 3.37. The summed E-state index contributed by atoms with van der Waals surface area (Å²) in [5, 5.41) is 3.16. The molecule has 1 atom stereocenters. The van der Waals surface area contributed by atoms with E-state index in [1.807, 2.05) is 38.5 Å². The molecule has 0 radical (unpaired) electrons. The third-order valence-electron chi connectivity index (χ3n) is 5.72. The van der Waals surface area contributed by atoms with Gasteiger partial charge in [0.2, 0.25) is 5.91 Å². The highest BCUT2D eigenvalue weighted by molar-refractivity contribution is 6.03. The molecule has 3 aliphatic rings. The molecule has 1 amide bonds. The van der Waals surface area contributed by atoms with Gasteiger partial charge in [0.05, 0.1) is 12.2 Å². The van der Waals surface area contributed by atoms with Gasteiger partial charge in [0.15, 0.2) is 6.17 Å². The van der Waals surface area contributed by atoms with Crippen molar-refractivity contribution in [3.8, 4) is 0 Å². The number of amides is 1. The number of hydrogen-bond acceptors (Lipinski definition) is 6. The van der Waals surface area contributed by atoms with E-state index in [2.05, 4.69) is 20.1 Å². The van der Waals surface area contributed by atoms with Crippen LogP contribution >= 0.6 is 0 Å². The minimum absolute atomic E-state index is 0.0624. The summed E-state index contributed by atoms with van der Waals surface area (Å²) in [6, 6.07) is 6.15. The monoisotopic (exact) mass is 383 g/mol. The van der Waals surface area contributed by atoms with E-state index >= 15 is 0 Å². The predicted octanol–water partition coefficient (Wildman–Crippen LogP) is 2.09. The van der Waals surface area contributed by atoms with Gasteiger partial charge in [0.1, 0.15) is 5.82 Å². The lowest BCUT2D eigenvalue weighted by Crippen LogP contribution is -2.46. The zero-order valence-electron chi connectivity index (χ0n) is 16.7. The molecule has 28 heavy (non-hydrogen) atoms. The minimum Gasteiger partial charge on any atom is -0.381 e. The van der Waals surface area contributed by atoms with Gasteiger partial charge in [-0.3, -0.25) is 14.8 Å². The van der Waals surface area contributed by atoms with Crippen molar-refractivity contribution in [2.45, 2.75) is 44.3 Å². The second-order valence-electron chi connectivity index (χ2n) is 7.78. The Kier molecular flexibility index (Phi) is 5.62. The third kappa shape index (κ3) is 3.90. The maximum absolute atomic E-state index is 12.6. The minimum atomic E-state index is -0.144. The van der Waals surface area contributed by atoms with Crippen LogP contribution in [0.2, 0.25) is 0 Å². The first-order chi connectivity index (χ1) is 13.6. The summed E-state index contributed by atoms with van der Waals surface area (Å²) in [6.07, 6.45) is 6.57. The molecule has 3 heterocycles. The van der Waals surface area contributed by atoms with Crippen LogP contribution in [0.15, 0.2) is 40.8 Å². The smallest absolute Gasteiger partial charge is 0.239 e. The molecule has 1 aliphatic carbocycles. The number of ether oxygens (including phenoxy) is 1. The number of likely N-dealkylation sites (N-methyl/N-ethyl adjacent to an activating group) is 1. The van der Waals surface area contributed by atoms with E-state index in [9.17, 15) is 4.79 Å². The lowest BCUT2D eigenvalue weighted by Gasteiger charge is -2.39. The normalized spacial score (nSPS) is 22.7. The molecule has 1 N–H and O–H groups in total. The van der Waals surface area contributed by atoms with Crippen molar-refractivity contribution in [3.05, 3.63) is 41.5 Å². The van der Waals surface area contributed by atoms with Crippen LogP contribution < -0.4 is 5.32 Å². The van der Waals surface area contributed by atoms with Gasteiger partial charge in [-0.05, 0) is 44.2 Å². The molecule has 0 aromatic carbocycles. The molecule has 0 bridgehead atoms. The molecular formula is C21H29N5O2. The topological polar surface area (TPSA) is 70.1 Å². The van der Waals surface area contributed by atoms with Crippen LogP contribution in [0, 0.1) is 0 Å². The van der Waals surface area contributed by atoms with Crippen molar-refractivity contribution in [2.24, 2.45) is 4.99 Å². The zero-order valence-corrected chi connectivity index (χ0v) is 16.7. The molecule has 2 aliphatic heterocycles. The Bertz CT molecular complexity index is 770. The van der Waals surface area contributed by atoms with Crippen LogP contribution in [-0.4, -0.2) is 66.3 Å². The standard InChI is InChI=1S/C21H29N5O2/c1-25(14-19(27)23-15-9-12-28-13-10-15)21-16-6-5-8-17(16)24-20(26(21)2)18-7-3-4-11-22-18/h3-4,7,11,15,20H,5-6,8-10,12-14H2,1-2H3,(H,23,27). The number of allylic oxidation sites excluding steroid dienone is 1. The lowest BCUT2D eigenvalue weighted by molar-refractivity contribution is -0.123. The average Bonchev–Trinajstić information content (AvgIpc) is 3.16. The Morgan fingerprint density at radius 1 is 1.32 bits per heavy atom. The van der Waals surface area contributed by atoms with Crippen LogP contribution in [0.3, 0.4) is 0 Å². The maximum Gasteiger partial charge on any atom is 0.239 e. The number of aromatic nitrogens is 1. The van der Waals surface area contributed by atoms with E-state index in [1.54, 1.807) is 0 Å². The van der Waals surface area contributed by atoms with Crippen LogP contribution in [0.1, 0.15) is 44.0 Å². The average molecular weight is 383 g/mol. The Morgan fingerprint density at radius 2 is 2.14 bits per heavy atom. The van der Waals surface area contributed by atoms with Crippen molar-refractivity contribution in [1.82, 2.24) is 20.1 Å². The molecule has 1 saturated carbocycles. The van der Waals surface area contributed by atoms with Crippen LogP contribution in [0.5, 0.6) is 0 Å². The SMILES string of the molecule is CN(CC(=O)NC1CCOCC1)C1=C2CCCC2=NC(c2ccccn2)N1C. The predicted molar refractivity (Wildman–Crippen MR) is 108 cm³/mol. The van der Waals surface area contributed by atoms with E-state index in [4.69, 9.17) is 9.73 Å². The Hall–Kier alpha value is -2.41. The Morgan fingerprint density at radius 3 is 2.89 bits per heavy atom. The first-order valence-corrected chi connectivity index (χ1v) is 10.2. The fraction of sp³-hybridized carbons (Fsp3) is 0.571. The van der Waals surface area contributed by atoms with E-state index in [0.717, 1.165) is 56.8 Å². The molecule has 1 aromatic heterocycles. The number of fused-ring (bicyclic) bond motifs is 1. The van der Waals surface area contributed by atoms with Crippen molar-refractivity contribution in [1.29, 1.82) is 0 Å². The molecule has 7 nitrogen and oxygen atoms in total. The lowest BCUT2D eigenvalue weighted by atomic mass is 10.1. The summed E-state index contributed by atoms with van der Waals surface area (Å²) >= 11 is 0. The highest BCUT2D eigenvalue weighted by Gasteiger charge is 2.34. The number of nitrogens with one attached hydrogen (secondary N) is 1. The summed E-state index contributed by atoms with van der Waals surface area (Å²) in [5.74, 6) is 1.16. The molecule has 1 saturated heterocycles. The van der Waals surface area contributed by atoms with Crippen LogP contribution in [-0.2, 0) is 9.53 Å². The number of nitrogens with zero attached hydrogens (tertiary/aromatic N) is 4. The first kappa shape index (κ1) is 18.9. The Balaban J connectivity index is 1.51. The molecule has 1 unspecified atom stereocenters. The number of rotatable bonds is 5. The molecule has 2 fully saturated rings. The van der Waals surface area contributed by atoms with Gasteiger partial charge in [-0.2, -0.15) is 0 Å². The summed E-state index contributed by atoms with van der Waals surface area (Å²) < 4.78 is 5.38. The van der Waals surface area contributed by atoms with Crippen molar-refractivity contribution in [2.75, 3.05) is 33.9 Å². The van der Waals surface area contributed by atoms with Gasteiger partial charge >= 0.3 is 0 Å². The van der Waals surface area contributed by atoms with Gasteiger partial charge in [0.25, 0.3) is 0 Å². The fourth-order valence-electron chi connectivity index (χ4n) is 4.37. The fourth-order valence-corrected chi connectivity index (χ4v) is 4.37. The van der Waals surface area contributed by atoms with Crippen molar-refractivity contribution in [3.63, 3.8) is 0 Å². The molecule has 4 rings (SSSR count). The van der Waals surface area contributed by atoms with Crippen LogP contribution in [0.25, 0.3) is 0 Å². The van der Waals surface area contributed by atoms with Crippen LogP contribution in [0.4, 0.5) is 0 Å². The summed E-state index contributed by atoms with van der Waals surface area (Å²) in [7, 11) is 4.05. The van der Waals surface area contributed by atoms with E-state index in [1.165, 1.54) is 11.3 Å². The molecule has 1 aromatic rings. The molecule has 150 valence electrons. The maximum atomic E-state index is 12.6. The van der Waals surface area contributed by atoms with Gasteiger partial charge in [-0.15, -0.1) is 0 Å². The van der Waals surface area contributed by atoms with Gasteiger partial charge in [0, 0.05) is 50.8 Å². The Labute approximate surface area is 166 Å². The summed E-state index contributed by atoms with van der Waals surface area (Å²) in [4.78, 5) is 26.4. The largest absolute Gasteiger partial charge is 0.381 e. The highest BCUT2D eigenvalue weighted by atomic mass is 16.5. The molecule has 0 spiro atoms. The van der Waals surface area contributed by atoms with E-state index in [-0.39, 0.29) is 18.1 Å². The quantitative estimate of drug-likeness (QED) is 0.843. The second kappa shape index (κ2) is 8.31. The third-order valence-corrected chi connectivity index (χ3v) is 5.72. The molecule has 7 heteroatoms. The number of carbonyl (C=O) groups is 1. The number of aliphatic imine (C=N–C) groups is 1. The zero-order chi connectivity index (χ0) is 19.5. The van der Waals surface area contributed by atoms with Crippen molar-refractivity contribution >= 4 is 11.6 Å². The second-order valence-corrected chi connectivity index (χ2v) is 7.78. The van der Waals surface area contributed by atoms with Gasteiger partial charge < -0.3 is 19.9 Å². The highest BCUT2D eigenvalue weighted by Crippen LogP contribution is 2.37. The number of pyridine rings is 1.